The second-order valence-electron chi connectivity index (χ2n) is 9.27. The molecule has 1 heterocycles. The molecule has 2 saturated carbocycles. The zero-order chi connectivity index (χ0) is 18.2. The lowest BCUT2D eigenvalue weighted by atomic mass is 9.63. The van der Waals surface area contributed by atoms with Crippen molar-refractivity contribution in [2.75, 3.05) is 0 Å². The van der Waals surface area contributed by atoms with E-state index in [2.05, 4.69) is 20.8 Å². The molecule has 0 radical (unpaired) electrons. The topological polar surface area (TPSA) is 44.8 Å². The van der Waals surface area contributed by atoms with E-state index in [1.54, 1.807) is 6.92 Å². The molecular weight excluding hydrogens is 316 g/mol. The Morgan fingerprint density at radius 2 is 1.92 bits per heavy atom. The fourth-order valence-corrected chi connectivity index (χ4v) is 5.95. The lowest BCUT2D eigenvalue weighted by Gasteiger charge is -2.44. The maximum atomic E-state index is 11.4. The number of esters is 1. The van der Waals surface area contributed by atoms with Crippen LogP contribution in [-0.4, -0.2) is 30.1 Å². The average molecular weight is 353 g/mol. The monoisotopic (exact) mass is 352 g/mol. The van der Waals surface area contributed by atoms with Crippen LogP contribution in [0.15, 0.2) is 0 Å². The van der Waals surface area contributed by atoms with Crippen LogP contribution >= 0.6 is 0 Å². The Hall–Kier alpha value is -0.610. The molecule has 3 rings (SSSR count). The van der Waals surface area contributed by atoms with E-state index < -0.39 is 0 Å². The first-order valence-corrected chi connectivity index (χ1v) is 10.2. The van der Waals surface area contributed by atoms with Crippen LogP contribution in [0.4, 0.5) is 0 Å². The molecule has 25 heavy (non-hydrogen) atoms. The van der Waals surface area contributed by atoms with Gasteiger partial charge in [-0.05, 0) is 77.0 Å². The van der Waals surface area contributed by atoms with Gasteiger partial charge in [0.05, 0.1) is 11.7 Å². The Morgan fingerprint density at radius 1 is 1.16 bits per heavy atom. The average Bonchev–Trinajstić information content (AvgIpc) is 2.95. The smallest absolute Gasteiger partial charge is 0.302 e. The Morgan fingerprint density at radius 3 is 2.56 bits per heavy atom. The van der Waals surface area contributed by atoms with Crippen LogP contribution in [0.3, 0.4) is 0 Å². The third kappa shape index (κ3) is 3.90. The van der Waals surface area contributed by atoms with Gasteiger partial charge in [-0.2, -0.15) is 0 Å². The third-order valence-electron chi connectivity index (χ3n) is 7.20. The Balaban J connectivity index is 1.54. The number of fused-ring (bicyclic) bond motifs is 1. The molecule has 4 nitrogen and oxygen atoms in total. The van der Waals surface area contributed by atoms with E-state index in [4.69, 9.17) is 14.2 Å². The van der Waals surface area contributed by atoms with Crippen molar-refractivity contribution in [2.45, 2.75) is 110 Å². The molecule has 0 aromatic carbocycles. The number of rotatable bonds is 5. The zero-order valence-corrected chi connectivity index (χ0v) is 16.7. The number of ether oxygens (including phenoxy) is 3. The molecule has 0 aromatic heterocycles. The van der Waals surface area contributed by atoms with Crippen LogP contribution in [0, 0.1) is 17.3 Å². The molecule has 3 fully saturated rings. The van der Waals surface area contributed by atoms with Gasteiger partial charge in [-0.1, -0.05) is 13.3 Å². The highest BCUT2D eigenvalue weighted by molar-refractivity contribution is 5.66. The van der Waals surface area contributed by atoms with Crippen molar-refractivity contribution in [2.24, 2.45) is 17.3 Å². The SMILES string of the molecule is CC(=O)O[C@H]1CCC[C@@]2(C)C1CC[C@@H]2CCCC1OC(C)OC1(C)C. The molecule has 2 aliphatic carbocycles. The lowest BCUT2D eigenvalue weighted by molar-refractivity contribution is -0.155. The minimum Gasteiger partial charge on any atom is -0.462 e. The summed E-state index contributed by atoms with van der Waals surface area (Å²) in [4.78, 5) is 11.4. The van der Waals surface area contributed by atoms with E-state index in [1.807, 2.05) is 6.92 Å². The fourth-order valence-electron chi connectivity index (χ4n) is 5.95. The van der Waals surface area contributed by atoms with Crippen LogP contribution in [0.5, 0.6) is 0 Å². The molecule has 1 aliphatic heterocycles. The number of hydrogen-bond acceptors (Lipinski definition) is 4. The van der Waals surface area contributed by atoms with Gasteiger partial charge in [-0.25, -0.2) is 0 Å². The van der Waals surface area contributed by atoms with E-state index in [0.29, 0.717) is 11.3 Å². The van der Waals surface area contributed by atoms with Crippen molar-refractivity contribution in [1.82, 2.24) is 0 Å². The van der Waals surface area contributed by atoms with E-state index in [9.17, 15) is 4.79 Å². The molecule has 1 saturated heterocycles. The first-order chi connectivity index (χ1) is 11.7. The van der Waals surface area contributed by atoms with Gasteiger partial charge in [-0.15, -0.1) is 0 Å². The van der Waals surface area contributed by atoms with Crippen LogP contribution < -0.4 is 0 Å². The largest absolute Gasteiger partial charge is 0.462 e. The van der Waals surface area contributed by atoms with Gasteiger partial charge in [0.2, 0.25) is 0 Å². The molecular formula is C21H36O4. The van der Waals surface area contributed by atoms with E-state index >= 15 is 0 Å². The highest BCUT2D eigenvalue weighted by atomic mass is 16.7. The minimum atomic E-state index is -0.174. The van der Waals surface area contributed by atoms with Gasteiger partial charge in [0.1, 0.15) is 6.10 Å². The lowest BCUT2D eigenvalue weighted by Crippen LogP contribution is -2.41. The number of hydrogen-bond donors (Lipinski definition) is 0. The third-order valence-corrected chi connectivity index (χ3v) is 7.20. The van der Waals surface area contributed by atoms with Gasteiger partial charge in [0, 0.05) is 12.8 Å². The summed E-state index contributed by atoms with van der Waals surface area (Å²) < 4.78 is 17.5. The molecule has 4 heteroatoms. The summed E-state index contributed by atoms with van der Waals surface area (Å²) in [5.74, 6) is 1.18. The van der Waals surface area contributed by atoms with Gasteiger partial charge < -0.3 is 14.2 Å². The van der Waals surface area contributed by atoms with E-state index in [0.717, 1.165) is 18.8 Å². The van der Waals surface area contributed by atoms with Crippen molar-refractivity contribution in [3.05, 3.63) is 0 Å². The molecule has 6 atom stereocenters. The second kappa shape index (κ2) is 7.19. The van der Waals surface area contributed by atoms with Crippen molar-refractivity contribution in [1.29, 1.82) is 0 Å². The predicted molar refractivity (Wildman–Crippen MR) is 97.1 cm³/mol. The normalized spacial score (nSPS) is 43.0. The van der Waals surface area contributed by atoms with Gasteiger partial charge in [-0.3, -0.25) is 4.79 Å². The number of carbonyl (C=O) groups excluding carboxylic acids is 1. The molecule has 0 aromatic rings. The Bertz CT molecular complexity index is 488. The predicted octanol–water partition coefficient (Wildman–Crippen LogP) is 4.84. The van der Waals surface area contributed by atoms with Crippen LogP contribution in [0.25, 0.3) is 0 Å². The zero-order valence-electron chi connectivity index (χ0n) is 16.7. The molecule has 3 unspecified atom stereocenters. The maximum Gasteiger partial charge on any atom is 0.302 e. The maximum absolute atomic E-state index is 11.4. The summed E-state index contributed by atoms with van der Waals surface area (Å²) >= 11 is 0. The minimum absolute atomic E-state index is 0.0868. The summed E-state index contributed by atoms with van der Waals surface area (Å²) in [7, 11) is 0. The van der Waals surface area contributed by atoms with Crippen molar-refractivity contribution in [3.63, 3.8) is 0 Å². The van der Waals surface area contributed by atoms with Crippen LogP contribution in [-0.2, 0) is 19.0 Å². The van der Waals surface area contributed by atoms with E-state index in [-0.39, 0.29) is 30.1 Å². The van der Waals surface area contributed by atoms with Crippen molar-refractivity contribution >= 4 is 5.97 Å². The summed E-state index contributed by atoms with van der Waals surface area (Å²) in [6.45, 7) is 10.3. The summed E-state index contributed by atoms with van der Waals surface area (Å²) in [5.41, 5.74) is 0.168. The molecule has 0 bridgehead atoms. The molecule has 3 aliphatic rings. The van der Waals surface area contributed by atoms with Crippen molar-refractivity contribution < 1.29 is 19.0 Å². The summed E-state index contributed by atoms with van der Waals surface area (Å²) in [6.07, 6.45) is 9.78. The van der Waals surface area contributed by atoms with Gasteiger partial charge in [0.25, 0.3) is 0 Å². The van der Waals surface area contributed by atoms with Crippen LogP contribution in [0.2, 0.25) is 0 Å². The summed E-state index contributed by atoms with van der Waals surface area (Å²) in [6, 6.07) is 0. The summed E-state index contributed by atoms with van der Waals surface area (Å²) in [5, 5.41) is 0. The van der Waals surface area contributed by atoms with Crippen molar-refractivity contribution in [3.8, 4) is 0 Å². The highest BCUT2D eigenvalue weighted by Crippen LogP contribution is 2.57. The second-order valence-corrected chi connectivity index (χ2v) is 9.27. The number of carbonyl (C=O) groups is 1. The quantitative estimate of drug-likeness (QED) is 0.664. The fraction of sp³-hybridized carbons (Fsp3) is 0.952. The molecule has 0 spiro atoms. The Kier molecular flexibility index (Phi) is 5.51. The highest BCUT2D eigenvalue weighted by Gasteiger charge is 2.52. The van der Waals surface area contributed by atoms with Crippen LogP contribution in [0.1, 0.15) is 86.0 Å². The molecule has 0 N–H and O–H groups in total. The van der Waals surface area contributed by atoms with E-state index in [1.165, 1.54) is 38.5 Å². The van der Waals surface area contributed by atoms with Gasteiger partial charge in [0.15, 0.2) is 6.29 Å². The first-order valence-electron chi connectivity index (χ1n) is 10.2. The standard InChI is InChI=1S/C21H36O4/c1-14(22)23-18-9-7-13-21(5)16(11-12-17(18)21)8-6-10-19-20(3,4)25-15(2)24-19/h15-19H,6-13H2,1-5H3/t15?,16-,17?,18-,19?,21+/m0/s1. The molecule has 0 amide bonds. The van der Waals surface area contributed by atoms with Gasteiger partial charge >= 0.3 is 5.97 Å². The Labute approximate surface area is 153 Å². The first kappa shape index (κ1) is 19.2. The molecule has 144 valence electrons.